The highest BCUT2D eigenvalue weighted by molar-refractivity contribution is 5.41. The third kappa shape index (κ3) is 4.43. The van der Waals surface area contributed by atoms with Crippen molar-refractivity contribution in [3.05, 3.63) is 71.8 Å². The van der Waals surface area contributed by atoms with E-state index in [0.29, 0.717) is 13.2 Å². The van der Waals surface area contributed by atoms with E-state index in [-0.39, 0.29) is 6.61 Å². The molecule has 0 radical (unpaired) electrons. The van der Waals surface area contributed by atoms with Gasteiger partial charge in [0.05, 0.1) is 12.3 Å². The van der Waals surface area contributed by atoms with Crippen molar-refractivity contribution in [2.75, 3.05) is 13.2 Å². The Balaban J connectivity index is 1.60. The molecule has 0 atom stereocenters. The molecule has 3 aromatic rings. The molecule has 0 fully saturated rings. The minimum absolute atomic E-state index is 0.0131. The lowest BCUT2D eigenvalue weighted by atomic mass is 10.1. The lowest BCUT2D eigenvalue weighted by molar-refractivity contribution is 0.200. The number of aliphatic hydroxyl groups excluding tert-OH is 1. The number of benzene rings is 2. The molecule has 0 saturated carbocycles. The van der Waals surface area contributed by atoms with Gasteiger partial charge in [-0.25, -0.2) is 9.67 Å². The van der Waals surface area contributed by atoms with E-state index in [9.17, 15) is 0 Å². The van der Waals surface area contributed by atoms with Crippen LogP contribution in [0.2, 0.25) is 0 Å². The second-order valence-corrected chi connectivity index (χ2v) is 5.74. The van der Waals surface area contributed by atoms with Gasteiger partial charge in [-0.15, -0.1) is 0 Å². The molecule has 6 heteroatoms. The van der Waals surface area contributed by atoms with Gasteiger partial charge in [-0.3, -0.25) is 0 Å². The molecule has 25 heavy (non-hydrogen) atoms. The average Bonchev–Trinajstić information content (AvgIpc) is 3.15. The Hall–Kier alpha value is -2.70. The molecule has 1 heterocycles. The fourth-order valence-electron chi connectivity index (χ4n) is 2.70. The molecule has 0 aliphatic carbocycles. The summed E-state index contributed by atoms with van der Waals surface area (Å²) in [4.78, 5) is 3.99. The molecule has 0 saturated heterocycles. The van der Waals surface area contributed by atoms with Crippen LogP contribution in [0.15, 0.2) is 55.1 Å². The predicted molar refractivity (Wildman–Crippen MR) is 95.7 cm³/mol. The number of hydrogen-bond acceptors (Lipinski definition) is 5. The molecule has 1 aromatic heterocycles. The maximum atomic E-state index is 8.91. The van der Waals surface area contributed by atoms with Crippen LogP contribution in [-0.2, 0) is 13.1 Å². The summed E-state index contributed by atoms with van der Waals surface area (Å²) in [6.07, 6.45) is 3.23. The number of nitrogens with one attached hydrogen (secondary N) is 1. The minimum Gasteiger partial charge on any atom is -0.491 e. The van der Waals surface area contributed by atoms with Crippen molar-refractivity contribution in [3.63, 3.8) is 0 Å². The standard InChI is InChI=1S/C19H22N4O2/c1-15-10-16(6-7-18(15)23-14-21-13-22-23)11-20-12-17-4-2-3-5-19(17)25-9-8-24/h2-7,10,13-14,20,24H,8-9,11-12H2,1H3. The maximum Gasteiger partial charge on any atom is 0.138 e. The molecule has 0 bridgehead atoms. The van der Waals surface area contributed by atoms with Crippen LogP contribution in [0.4, 0.5) is 0 Å². The van der Waals surface area contributed by atoms with Gasteiger partial charge in [-0.05, 0) is 30.2 Å². The van der Waals surface area contributed by atoms with Crippen LogP contribution in [0.1, 0.15) is 16.7 Å². The number of rotatable bonds is 8. The van der Waals surface area contributed by atoms with Gasteiger partial charge >= 0.3 is 0 Å². The topological polar surface area (TPSA) is 72.2 Å². The van der Waals surface area contributed by atoms with Gasteiger partial charge in [0, 0.05) is 18.7 Å². The van der Waals surface area contributed by atoms with Crippen molar-refractivity contribution in [1.82, 2.24) is 20.1 Å². The van der Waals surface area contributed by atoms with E-state index < -0.39 is 0 Å². The van der Waals surface area contributed by atoms with Crippen LogP contribution in [-0.4, -0.2) is 33.1 Å². The van der Waals surface area contributed by atoms with Crippen LogP contribution in [0.5, 0.6) is 5.75 Å². The Morgan fingerprint density at radius 3 is 2.80 bits per heavy atom. The summed E-state index contributed by atoms with van der Waals surface area (Å²) in [5.74, 6) is 0.807. The smallest absolute Gasteiger partial charge is 0.138 e. The predicted octanol–water partition coefficient (Wildman–Crippen LogP) is 2.24. The highest BCUT2D eigenvalue weighted by atomic mass is 16.5. The Labute approximate surface area is 147 Å². The van der Waals surface area contributed by atoms with Crippen LogP contribution >= 0.6 is 0 Å². The van der Waals surface area contributed by atoms with Gasteiger partial charge in [0.25, 0.3) is 0 Å². The number of aryl methyl sites for hydroxylation is 1. The number of hydrogen-bond donors (Lipinski definition) is 2. The van der Waals surface area contributed by atoms with E-state index in [1.165, 1.54) is 11.9 Å². The maximum absolute atomic E-state index is 8.91. The lowest BCUT2D eigenvalue weighted by Gasteiger charge is -2.12. The minimum atomic E-state index is 0.0131. The van der Waals surface area contributed by atoms with Gasteiger partial charge in [0.15, 0.2) is 0 Å². The summed E-state index contributed by atoms with van der Waals surface area (Å²) in [6, 6.07) is 14.2. The van der Waals surface area contributed by atoms with Crippen molar-refractivity contribution in [1.29, 1.82) is 0 Å². The lowest BCUT2D eigenvalue weighted by Crippen LogP contribution is -2.14. The van der Waals surface area contributed by atoms with Crippen molar-refractivity contribution in [2.45, 2.75) is 20.0 Å². The molecule has 0 amide bonds. The first-order valence-corrected chi connectivity index (χ1v) is 8.25. The summed E-state index contributed by atoms with van der Waals surface area (Å²) >= 11 is 0. The zero-order chi connectivity index (χ0) is 17.5. The molecule has 0 aliphatic rings. The molecule has 6 nitrogen and oxygen atoms in total. The summed E-state index contributed by atoms with van der Waals surface area (Å²) in [7, 11) is 0. The van der Waals surface area contributed by atoms with Crippen molar-refractivity contribution in [3.8, 4) is 11.4 Å². The van der Waals surface area contributed by atoms with Crippen LogP contribution in [0, 0.1) is 6.92 Å². The fourth-order valence-corrected chi connectivity index (χ4v) is 2.70. The Kier molecular flexibility index (Phi) is 5.77. The van der Waals surface area contributed by atoms with Crippen molar-refractivity contribution >= 4 is 0 Å². The highest BCUT2D eigenvalue weighted by Gasteiger charge is 2.05. The first-order valence-electron chi connectivity index (χ1n) is 8.25. The first kappa shape index (κ1) is 17.1. The molecule has 3 rings (SSSR count). The van der Waals surface area contributed by atoms with Gasteiger partial charge in [-0.2, -0.15) is 5.10 Å². The number of nitrogens with zero attached hydrogens (tertiary/aromatic N) is 3. The number of para-hydroxylation sites is 1. The largest absolute Gasteiger partial charge is 0.491 e. The van der Waals surface area contributed by atoms with Crippen molar-refractivity contribution in [2.24, 2.45) is 0 Å². The quantitative estimate of drug-likeness (QED) is 0.659. The molecule has 2 aromatic carbocycles. The fraction of sp³-hybridized carbons (Fsp3) is 0.263. The van der Waals surface area contributed by atoms with Crippen molar-refractivity contribution < 1.29 is 9.84 Å². The van der Waals surface area contributed by atoms with E-state index in [2.05, 4.69) is 40.5 Å². The number of aromatic nitrogens is 3. The molecule has 0 spiro atoms. The molecule has 0 aliphatic heterocycles. The van der Waals surface area contributed by atoms with Crippen LogP contribution < -0.4 is 10.1 Å². The third-order valence-electron chi connectivity index (χ3n) is 3.89. The van der Waals surface area contributed by atoms with Crippen LogP contribution in [0.3, 0.4) is 0 Å². The highest BCUT2D eigenvalue weighted by Crippen LogP contribution is 2.18. The number of aliphatic hydroxyl groups is 1. The zero-order valence-corrected chi connectivity index (χ0v) is 14.2. The van der Waals surface area contributed by atoms with E-state index >= 15 is 0 Å². The second-order valence-electron chi connectivity index (χ2n) is 5.74. The summed E-state index contributed by atoms with van der Waals surface area (Å²) in [6.45, 7) is 3.84. The van der Waals surface area contributed by atoms with Crippen LogP contribution in [0.25, 0.3) is 5.69 Å². The monoisotopic (exact) mass is 338 g/mol. The molecule has 0 unspecified atom stereocenters. The molecule has 2 N–H and O–H groups in total. The van der Waals surface area contributed by atoms with E-state index in [1.807, 2.05) is 24.3 Å². The third-order valence-corrected chi connectivity index (χ3v) is 3.89. The van der Waals surface area contributed by atoms with E-state index in [1.54, 1.807) is 11.0 Å². The normalized spacial score (nSPS) is 10.8. The van der Waals surface area contributed by atoms with Gasteiger partial charge < -0.3 is 15.2 Å². The number of ether oxygens (including phenoxy) is 1. The Morgan fingerprint density at radius 1 is 1.16 bits per heavy atom. The summed E-state index contributed by atoms with van der Waals surface area (Å²) in [5.41, 5.74) is 4.46. The van der Waals surface area contributed by atoms with Gasteiger partial charge in [-0.1, -0.05) is 30.3 Å². The SMILES string of the molecule is Cc1cc(CNCc2ccccc2OCCO)ccc1-n1cncn1. The van der Waals surface area contributed by atoms with Gasteiger partial charge in [0.2, 0.25) is 0 Å². The molecule has 130 valence electrons. The summed E-state index contributed by atoms with van der Waals surface area (Å²) in [5, 5.41) is 16.5. The van der Waals surface area contributed by atoms with Gasteiger partial charge in [0.1, 0.15) is 25.0 Å². The Morgan fingerprint density at radius 2 is 2.04 bits per heavy atom. The summed E-state index contributed by atoms with van der Waals surface area (Å²) < 4.78 is 7.32. The second kappa shape index (κ2) is 8.41. The van der Waals surface area contributed by atoms with E-state index in [4.69, 9.17) is 9.84 Å². The molecular weight excluding hydrogens is 316 g/mol. The van der Waals surface area contributed by atoms with E-state index in [0.717, 1.165) is 29.1 Å². The molecular formula is C19H22N4O2. The first-order chi connectivity index (χ1) is 12.3. The Bertz CT molecular complexity index is 803. The average molecular weight is 338 g/mol. The zero-order valence-electron chi connectivity index (χ0n) is 14.2.